The minimum atomic E-state index is 0.332. The van der Waals surface area contributed by atoms with Crippen molar-refractivity contribution in [3.8, 4) is 0 Å². The van der Waals surface area contributed by atoms with Gasteiger partial charge in [-0.15, -0.1) is 0 Å². The first kappa shape index (κ1) is 11.3. The Morgan fingerprint density at radius 3 is 2.79 bits per heavy atom. The van der Waals surface area contributed by atoms with E-state index >= 15 is 0 Å². The van der Waals surface area contributed by atoms with Gasteiger partial charge in [0, 0.05) is 13.0 Å². The van der Waals surface area contributed by atoms with Crippen molar-refractivity contribution in [2.45, 2.75) is 26.2 Å². The molecule has 4 nitrogen and oxygen atoms in total. The van der Waals surface area contributed by atoms with Gasteiger partial charge in [0.2, 0.25) is 0 Å². The summed E-state index contributed by atoms with van der Waals surface area (Å²) in [7, 11) is 2.14. The summed E-state index contributed by atoms with van der Waals surface area (Å²) in [5.41, 5.74) is 5.38. The Hall–Kier alpha value is -0.770. The molecule has 0 aliphatic heterocycles. The Bertz CT molecular complexity index is 206. The van der Waals surface area contributed by atoms with Gasteiger partial charge in [-0.25, -0.2) is 0 Å². The van der Waals surface area contributed by atoms with Gasteiger partial charge < -0.3 is 15.8 Å². The molecule has 2 atom stereocenters. The van der Waals surface area contributed by atoms with Crippen molar-refractivity contribution in [1.82, 2.24) is 4.90 Å². The highest BCUT2D eigenvalue weighted by Crippen LogP contribution is 2.37. The van der Waals surface area contributed by atoms with Gasteiger partial charge in [0.1, 0.15) is 5.84 Å². The lowest BCUT2D eigenvalue weighted by Gasteiger charge is -2.15. The van der Waals surface area contributed by atoms with Crippen LogP contribution in [0.1, 0.15) is 26.2 Å². The van der Waals surface area contributed by atoms with Crippen LogP contribution in [0, 0.1) is 11.8 Å². The second-order valence-corrected chi connectivity index (χ2v) is 4.43. The Morgan fingerprint density at radius 2 is 2.29 bits per heavy atom. The van der Waals surface area contributed by atoms with Crippen molar-refractivity contribution in [3.63, 3.8) is 0 Å². The molecule has 0 aromatic carbocycles. The molecule has 2 unspecified atom stereocenters. The molecule has 0 aromatic rings. The van der Waals surface area contributed by atoms with Crippen molar-refractivity contribution in [2.24, 2.45) is 22.7 Å². The van der Waals surface area contributed by atoms with Crippen LogP contribution >= 0.6 is 0 Å². The third-order valence-corrected chi connectivity index (χ3v) is 2.92. The van der Waals surface area contributed by atoms with Crippen LogP contribution in [0.5, 0.6) is 0 Å². The number of rotatable bonds is 6. The molecule has 0 saturated heterocycles. The Labute approximate surface area is 85.8 Å². The van der Waals surface area contributed by atoms with Gasteiger partial charge in [-0.1, -0.05) is 12.1 Å². The highest BCUT2D eigenvalue weighted by molar-refractivity contribution is 5.79. The summed E-state index contributed by atoms with van der Waals surface area (Å²) in [5, 5.41) is 11.3. The van der Waals surface area contributed by atoms with Gasteiger partial charge in [0.05, 0.1) is 0 Å². The molecule has 1 saturated carbocycles. The Balaban J connectivity index is 2.00. The second kappa shape index (κ2) is 5.20. The number of hydrogen-bond acceptors (Lipinski definition) is 3. The summed E-state index contributed by atoms with van der Waals surface area (Å²) in [6.07, 6.45) is 3.03. The topological polar surface area (TPSA) is 61.8 Å². The van der Waals surface area contributed by atoms with Crippen LogP contribution in [-0.2, 0) is 0 Å². The lowest BCUT2D eigenvalue weighted by atomic mass is 10.2. The summed E-state index contributed by atoms with van der Waals surface area (Å²) in [6, 6.07) is 0. The molecular formula is C10H21N3O. The predicted octanol–water partition coefficient (Wildman–Crippen LogP) is 1.10. The fraction of sp³-hybridized carbons (Fsp3) is 0.900. The third-order valence-electron chi connectivity index (χ3n) is 2.92. The molecular weight excluding hydrogens is 178 g/mol. The molecule has 1 rings (SSSR count). The first-order valence-corrected chi connectivity index (χ1v) is 5.28. The van der Waals surface area contributed by atoms with Crippen LogP contribution < -0.4 is 5.73 Å². The number of oxime groups is 1. The molecule has 82 valence electrons. The van der Waals surface area contributed by atoms with Gasteiger partial charge in [0.25, 0.3) is 0 Å². The van der Waals surface area contributed by atoms with E-state index in [1.54, 1.807) is 0 Å². The fourth-order valence-corrected chi connectivity index (χ4v) is 1.73. The number of nitrogens with two attached hydrogens (primary N) is 1. The molecule has 4 heteroatoms. The van der Waals surface area contributed by atoms with E-state index in [-0.39, 0.29) is 0 Å². The minimum Gasteiger partial charge on any atom is -0.409 e. The predicted molar refractivity (Wildman–Crippen MR) is 57.4 cm³/mol. The van der Waals surface area contributed by atoms with Gasteiger partial charge in [-0.2, -0.15) is 0 Å². The first-order valence-electron chi connectivity index (χ1n) is 5.28. The van der Waals surface area contributed by atoms with Crippen LogP contribution in [-0.4, -0.2) is 36.1 Å². The molecule has 14 heavy (non-hydrogen) atoms. The molecule has 0 radical (unpaired) electrons. The summed E-state index contributed by atoms with van der Waals surface area (Å²) in [5.74, 6) is 2.16. The zero-order chi connectivity index (χ0) is 10.6. The summed E-state index contributed by atoms with van der Waals surface area (Å²) in [6.45, 7) is 4.52. The van der Waals surface area contributed by atoms with Gasteiger partial charge in [0.15, 0.2) is 0 Å². The van der Waals surface area contributed by atoms with Crippen molar-refractivity contribution in [1.29, 1.82) is 0 Å². The third kappa shape index (κ3) is 3.96. The van der Waals surface area contributed by atoms with Gasteiger partial charge in [-0.3, -0.25) is 0 Å². The highest BCUT2D eigenvalue weighted by atomic mass is 16.4. The van der Waals surface area contributed by atoms with E-state index in [0.29, 0.717) is 12.3 Å². The van der Waals surface area contributed by atoms with Crippen molar-refractivity contribution in [2.75, 3.05) is 20.1 Å². The van der Waals surface area contributed by atoms with Crippen molar-refractivity contribution in [3.05, 3.63) is 0 Å². The van der Waals surface area contributed by atoms with Crippen molar-refractivity contribution >= 4 is 5.84 Å². The molecule has 1 aliphatic rings. The molecule has 0 aromatic heterocycles. The molecule has 0 amide bonds. The Morgan fingerprint density at radius 1 is 1.64 bits per heavy atom. The maximum Gasteiger partial charge on any atom is 0.139 e. The summed E-state index contributed by atoms with van der Waals surface area (Å²) < 4.78 is 0. The zero-order valence-corrected chi connectivity index (χ0v) is 9.11. The van der Waals surface area contributed by atoms with E-state index < -0.39 is 0 Å². The average Bonchev–Trinajstić information content (AvgIpc) is 2.81. The van der Waals surface area contributed by atoms with Gasteiger partial charge in [-0.05, 0) is 38.3 Å². The quantitative estimate of drug-likeness (QED) is 0.291. The van der Waals surface area contributed by atoms with E-state index in [1.807, 2.05) is 0 Å². The maximum absolute atomic E-state index is 8.34. The molecule has 1 aliphatic carbocycles. The van der Waals surface area contributed by atoms with Gasteiger partial charge >= 0.3 is 0 Å². The first-order chi connectivity index (χ1) is 6.63. The van der Waals surface area contributed by atoms with Crippen molar-refractivity contribution < 1.29 is 5.21 Å². The lowest BCUT2D eigenvalue weighted by Crippen LogP contribution is -2.24. The monoisotopic (exact) mass is 199 g/mol. The SMILES string of the molecule is CC1CC1CN(C)CCCC(N)=NO. The molecule has 0 bridgehead atoms. The highest BCUT2D eigenvalue weighted by Gasteiger charge is 2.32. The normalized spacial score (nSPS) is 26.9. The van der Waals surface area contributed by atoms with E-state index in [9.17, 15) is 0 Å². The standard InChI is InChI=1S/C10H21N3O/c1-8-6-9(8)7-13(2)5-3-4-10(11)12-14/h8-9,14H,3-7H2,1-2H3,(H2,11,12). The molecule has 0 spiro atoms. The summed E-state index contributed by atoms with van der Waals surface area (Å²) in [4.78, 5) is 2.33. The molecule has 0 heterocycles. The largest absolute Gasteiger partial charge is 0.409 e. The zero-order valence-electron chi connectivity index (χ0n) is 9.11. The van der Waals surface area contributed by atoms with E-state index in [4.69, 9.17) is 10.9 Å². The van der Waals surface area contributed by atoms with E-state index in [1.165, 1.54) is 13.0 Å². The lowest BCUT2D eigenvalue weighted by molar-refractivity contribution is 0.306. The molecule has 3 N–H and O–H groups in total. The van der Waals surface area contributed by atoms with Crippen LogP contribution in [0.15, 0.2) is 5.16 Å². The van der Waals surface area contributed by atoms with Crippen LogP contribution in [0.4, 0.5) is 0 Å². The minimum absolute atomic E-state index is 0.332. The molecule has 1 fully saturated rings. The Kier molecular flexibility index (Phi) is 4.20. The average molecular weight is 199 g/mol. The van der Waals surface area contributed by atoms with E-state index in [2.05, 4.69) is 24.0 Å². The smallest absolute Gasteiger partial charge is 0.139 e. The summed E-state index contributed by atoms with van der Waals surface area (Å²) >= 11 is 0. The number of amidine groups is 1. The number of hydrogen-bond donors (Lipinski definition) is 2. The van der Waals surface area contributed by atoms with E-state index in [0.717, 1.165) is 24.8 Å². The fourth-order valence-electron chi connectivity index (χ4n) is 1.73. The second-order valence-electron chi connectivity index (χ2n) is 4.43. The van der Waals surface area contributed by atoms with Crippen LogP contribution in [0.25, 0.3) is 0 Å². The maximum atomic E-state index is 8.34. The van der Waals surface area contributed by atoms with Crippen LogP contribution in [0.3, 0.4) is 0 Å². The number of nitrogens with zero attached hydrogens (tertiary/aromatic N) is 2. The van der Waals surface area contributed by atoms with Crippen LogP contribution in [0.2, 0.25) is 0 Å².